The zero-order chi connectivity index (χ0) is 15.6. The van der Waals surface area contributed by atoms with E-state index in [0.717, 1.165) is 39.3 Å². The van der Waals surface area contributed by atoms with Crippen molar-refractivity contribution in [3.63, 3.8) is 0 Å². The maximum absolute atomic E-state index is 12.4. The van der Waals surface area contributed by atoms with E-state index < -0.39 is 0 Å². The van der Waals surface area contributed by atoms with Crippen LogP contribution in [0.25, 0.3) is 0 Å². The average Bonchev–Trinajstić information content (AvgIpc) is 2.52. The third-order valence-electron chi connectivity index (χ3n) is 4.95. The molecule has 1 unspecified atom stereocenters. The molecule has 2 aliphatic rings. The molecule has 22 heavy (non-hydrogen) atoms. The van der Waals surface area contributed by atoms with Crippen LogP contribution in [0, 0.1) is 5.92 Å². The Labute approximate surface area is 131 Å². The van der Waals surface area contributed by atoms with E-state index in [4.69, 9.17) is 4.74 Å². The quantitative estimate of drug-likeness (QED) is 0.832. The van der Waals surface area contributed by atoms with E-state index in [-0.39, 0.29) is 11.4 Å². The Morgan fingerprint density at radius 3 is 2.95 bits per heavy atom. The third-order valence-corrected chi connectivity index (χ3v) is 4.95. The molecular formula is C16H24N4O2. The highest BCUT2D eigenvalue weighted by Gasteiger charge is 2.51. The van der Waals surface area contributed by atoms with Gasteiger partial charge in [0.15, 0.2) is 0 Å². The van der Waals surface area contributed by atoms with E-state index in [9.17, 15) is 4.79 Å². The highest BCUT2D eigenvalue weighted by molar-refractivity contribution is 5.92. The standard InChI is InChI=1S/C16H24N4O2/c1-3-22-10-13-4-7-19(2)16(8-13)11-20(12-16)15(21)14-9-17-5-6-18-14/h5-6,9,13H,3-4,7-8,10-12H2,1-2H3. The number of amides is 1. The Hall–Kier alpha value is -1.53. The summed E-state index contributed by atoms with van der Waals surface area (Å²) in [5, 5.41) is 0. The summed E-state index contributed by atoms with van der Waals surface area (Å²) < 4.78 is 5.60. The summed E-state index contributed by atoms with van der Waals surface area (Å²) in [7, 11) is 2.17. The molecule has 0 aromatic carbocycles. The van der Waals surface area contributed by atoms with Gasteiger partial charge >= 0.3 is 0 Å². The summed E-state index contributed by atoms with van der Waals surface area (Å²) in [5.41, 5.74) is 0.555. The van der Waals surface area contributed by atoms with Gasteiger partial charge in [-0.1, -0.05) is 0 Å². The highest BCUT2D eigenvalue weighted by Crippen LogP contribution is 2.38. The number of piperidine rings is 1. The summed E-state index contributed by atoms with van der Waals surface area (Å²) >= 11 is 0. The molecular weight excluding hydrogens is 280 g/mol. The van der Waals surface area contributed by atoms with Crippen LogP contribution in [-0.4, -0.2) is 71.1 Å². The first-order valence-electron chi connectivity index (χ1n) is 7.99. The molecule has 0 radical (unpaired) electrons. The number of carbonyl (C=O) groups excluding carboxylic acids is 1. The van der Waals surface area contributed by atoms with Crippen molar-refractivity contribution in [3.8, 4) is 0 Å². The first-order chi connectivity index (χ1) is 10.6. The van der Waals surface area contributed by atoms with Gasteiger partial charge in [0.05, 0.1) is 11.7 Å². The molecule has 6 heteroatoms. The second kappa shape index (κ2) is 6.30. The molecule has 2 saturated heterocycles. The predicted molar refractivity (Wildman–Crippen MR) is 82.5 cm³/mol. The molecule has 0 aliphatic carbocycles. The van der Waals surface area contributed by atoms with Crippen LogP contribution in [0.4, 0.5) is 0 Å². The SMILES string of the molecule is CCOCC1CCN(C)C2(C1)CN(C(=O)c1cnccn1)C2. The van der Waals surface area contributed by atoms with Crippen LogP contribution >= 0.6 is 0 Å². The van der Waals surface area contributed by atoms with E-state index in [0.29, 0.717) is 11.6 Å². The molecule has 0 bridgehead atoms. The van der Waals surface area contributed by atoms with Gasteiger partial charge in [-0.05, 0) is 39.3 Å². The fourth-order valence-electron chi connectivity index (χ4n) is 3.59. The van der Waals surface area contributed by atoms with Crippen LogP contribution in [0.3, 0.4) is 0 Å². The summed E-state index contributed by atoms with van der Waals surface area (Å²) in [6.45, 7) is 6.28. The van der Waals surface area contributed by atoms with Crippen LogP contribution in [-0.2, 0) is 4.74 Å². The average molecular weight is 304 g/mol. The Bertz CT molecular complexity index is 514. The van der Waals surface area contributed by atoms with E-state index in [1.807, 2.05) is 11.8 Å². The Kier molecular flexibility index (Phi) is 4.40. The van der Waals surface area contributed by atoms with Gasteiger partial charge in [0, 0.05) is 38.7 Å². The van der Waals surface area contributed by atoms with E-state index in [2.05, 4.69) is 21.9 Å². The maximum atomic E-state index is 12.4. The minimum absolute atomic E-state index is 0.0148. The summed E-state index contributed by atoms with van der Waals surface area (Å²) in [6, 6.07) is 0. The molecule has 3 rings (SSSR count). The minimum Gasteiger partial charge on any atom is -0.381 e. The predicted octanol–water partition coefficient (Wildman–Crippen LogP) is 1.05. The largest absolute Gasteiger partial charge is 0.381 e. The maximum Gasteiger partial charge on any atom is 0.274 e. The molecule has 1 aromatic rings. The first kappa shape index (κ1) is 15.4. The lowest BCUT2D eigenvalue weighted by Crippen LogP contribution is -2.72. The second-order valence-corrected chi connectivity index (χ2v) is 6.42. The van der Waals surface area contributed by atoms with Crippen molar-refractivity contribution in [3.05, 3.63) is 24.3 Å². The fraction of sp³-hybridized carbons (Fsp3) is 0.688. The number of likely N-dealkylation sites (N-methyl/N-ethyl adjacent to an activating group) is 1. The minimum atomic E-state index is -0.0148. The van der Waals surface area contributed by atoms with Crippen molar-refractivity contribution in [2.75, 3.05) is 39.9 Å². The molecule has 120 valence electrons. The van der Waals surface area contributed by atoms with Gasteiger partial charge in [-0.25, -0.2) is 4.98 Å². The number of hydrogen-bond acceptors (Lipinski definition) is 5. The first-order valence-corrected chi connectivity index (χ1v) is 7.99. The zero-order valence-corrected chi connectivity index (χ0v) is 13.4. The van der Waals surface area contributed by atoms with Crippen molar-refractivity contribution >= 4 is 5.91 Å². The van der Waals surface area contributed by atoms with Crippen molar-refractivity contribution in [2.45, 2.75) is 25.3 Å². The number of aromatic nitrogens is 2. The number of hydrogen-bond donors (Lipinski definition) is 0. The van der Waals surface area contributed by atoms with Crippen LogP contribution in [0.5, 0.6) is 0 Å². The van der Waals surface area contributed by atoms with Gasteiger partial charge in [0.2, 0.25) is 0 Å². The smallest absolute Gasteiger partial charge is 0.274 e. The molecule has 2 aliphatic heterocycles. The molecule has 1 atom stereocenters. The lowest BCUT2D eigenvalue weighted by molar-refractivity contribution is -0.0753. The lowest BCUT2D eigenvalue weighted by Gasteiger charge is -2.58. The van der Waals surface area contributed by atoms with Crippen LogP contribution < -0.4 is 0 Å². The van der Waals surface area contributed by atoms with E-state index in [1.54, 1.807) is 12.4 Å². The third kappa shape index (κ3) is 2.85. The van der Waals surface area contributed by atoms with Gasteiger partial charge in [-0.15, -0.1) is 0 Å². The number of nitrogens with zero attached hydrogens (tertiary/aromatic N) is 4. The number of ether oxygens (including phenoxy) is 1. The monoisotopic (exact) mass is 304 g/mol. The van der Waals surface area contributed by atoms with Crippen LogP contribution in [0.15, 0.2) is 18.6 Å². The molecule has 2 fully saturated rings. The van der Waals surface area contributed by atoms with Gasteiger partial charge in [-0.2, -0.15) is 0 Å². The molecule has 1 aromatic heterocycles. The van der Waals surface area contributed by atoms with E-state index >= 15 is 0 Å². The Balaban J connectivity index is 1.61. The van der Waals surface area contributed by atoms with Crippen molar-refractivity contribution in [1.82, 2.24) is 19.8 Å². The van der Waals surface area contributed by atoms with Crippen molar-refractivity contribution in [1.29, 1.82) is 0 Å². The number of rotatable bonds is 4. The molecule has 1 amide bonds. The van der Waals surface area contributed by atoms with Crippen molar-refractivity contribution in [2.24, 2.45) is 5.92 Å². The number of carbonyl (C=O) groups is 1. The topological polar surface area (TPSA) is 58.6 Å². The lowest BCUT2D eigenvalue weighted by atomic mass is 9.75. The van der Waals surface area contributed by atoms with Gasteiger partial charge < -0.3 is 9.64 Å². The van der Waals surface area contributed by atoms with Crippen molar-refractivity contribution < 1.29 is 9.53 Å². The summed E-state index contributed by atoms with van der Waals surface area (Å²) in [6.07, 6.45) is 6.97. The van der Waals surface area contributed by atoms with Gasteiger partial charge in [0.25, 0.3) is 5.91 Å². The molecule has 1 spiro atoms. The molecule has 0 saturated carbocycles. The summed E-state index contributed by atoms with van der Waals surface area (Å²) in [5.74, 6) is 0.587. The summed E-state index contributed by atoms with van der Waals surface area (Å²) in [4.78, 5) is 24.8. The number of likely N-dealkylation sites (tertiary alicyclic amines) is 2. The molecule has 0 N–H and O–H groups in total. The molecule has 6 nitrogen and oxygen atoms in total. The Morgan fingerprint density at radius 1 is 1.45 bits per heavy atom. The van der Waals surface area contributed by atoms with Gasteiger partial charge in [-0.3, -0.25) is 14.7 Å². The molecule has 3 heterocycles. The van der Waals surface area contributed by atoms with E-state index in [1.165, 1.54) is 12.6 Å². The normalized spacial score (nSPS) is 24.3. The van der Waals surface area contributed by atoms with Crippen LogP contribution in [0.2, 0.25) is 0 Å². The fourth-order valence-corrected chi connectivity index (χ4v) is 3.59. The zero-order valence-electron chi connectivity index (χ0n) is 13.4. The Morgan fingerprint density at radius 2 is 2.27 bits per heavy atom. The highest BCUT2D eigenvalue weighted by atomic mass is 16.5. The second-order valence-electron chi connectivity index (χ2n) is 6.42. The van der Waals surface area contributed by atoms with Gasteiger partial charge in [0.1, 0.15) is 5.69 Å². The van der Waals surface area contributed by atoms with Crippen LogP contribution in [0.1, 0.15) is 30.3 Å².